The quantitative estimate of drug-likeness (QED) is 0.468. The van der Waals surface area contributed by atoms with Gasteiger partial charge in [0.25, 0.3) is 0 Å². The lowest BCUT2D eigenvalue weighted by Gasteiger charge is -2.13. The summed E-state index contributed by atoms with van der Waals surface area (Å²) in [5.41, 5.74) is 1.87. The number of nitrogens with one attached hydrogen (secondary N) is 2. The van der Waals surface area contributed by atoms with E-state index >= 15 is 0 Å². The summed E-state index contributed by atoms with van der Waals surface area (Å²) in [6.07, 6.45) is 0.973. The van der Waals surface area contributed by atoms with Crippen molar-refractivity contribution >= 4 is 17.6 Å². The van der Waals surface area contributed by atoms with Crippen molar-refractivity contribution in [2.24, 2.45) is 0 Å². The Morgan fingerprint density at radius 1 is 1.12 bits per heavy atom. The summed E-state index contributed by atoms with van der Waals surface area (Å²) < 4.78 is 15.1. The number of hydrogen-bond acceptors (Lipinski definition) is 6. The number of hydrogen-bond donors (Lipinski definition) is 2. The van der Waals surface area contributed by atoms with Gasteiger partial charge in [-0.15, -0.1) is 0 Å². The van der Waals surface area contributed by atoms with Crippen molar-refractivity contribution in [2.45, 2.75) is 19.8 Å². The van der Waals surface area contributed by atoms with Gasteiger partial charge in [-0.1, -0.05) is 6.07 Å². The van der Waals surface area contributed by atoms with Gasteiger partial charge in [-0.2, -0.15) is 0 Å². The molecule has 7 nitrogen and oxygen atoms in total. The van der Waals surface area contributed by atoms with Gasteiger partial charge < -0.3 is 24.8 Å². The predicted molar refractivity (Wildman–Crippen MR) is 91.3 cm³/mol. The van der Waals surface area contributed by atoms with Gasteiger partial charge >= 0.3 is 5.97 Å². The third-order valence-electron chi connectivity index (χ3n) is 3.25. The fraction of sp³-hybridized carbons (Fsp3) is 0.529. The number of anilines is 1. The zero-order valence-electron chi connectivity index (χ0n) is 14.5. The van der Waals surface area contributed by atoms with Gasteiger partial charge in [0, 0.05) is 27.1 Å². The number of ether oxygens (including phenoxy) is 3. The first-order chi connectivity index (χ1) is 11.6. The molecule has 0 aliphatic carbocycles. The Labute approximate surface area is 142 Å². The maximum atomic E-state index is 11.5. The molecule has 0 aliphatic rings. The van der Waals surface area contributed by atoms with Crippen LogP contribution in [0.1, 0.15) is 18.9 Å². The van der Waals surface area contributed by atoms with Crippen LogP contribution in [0.4, 0.5) is 5.69 Å². The van der Waals surface area contributed by atoms with E-state index in [1.54, 1.807) is 14.2 Å². The SMILES string of the molecule is COCCOC(=O)CCNc1cc(CCNC(C)=O)ccc1OC. The van der Waals surface area contributed by atoms with Crippen LogP contribution < -0.4 is 15.4 Å². The molecule has 0 spiro atoms. The molecule has 0 atom stereocenters. The van der Waals surface area contributed by atoms with Crippen LogP contribution in [0.3, 0.4) is 0 Å². The molecular formula is C17H26N2O5. The first kappa shape index (κ1) is 19.8. The topological polar surface area (TPSA) is 85.9 Å². The van der Waals surface area contributed by atoms with Crippen molar-refractivity contribution < 1.29 is 23.8 Å². The standard InChI is InChI=1S/C17H26N2O5/c1-13(20)18-8-6-14-4-5-16(23-3)15(12-14)19-9-7-17(21)24-11-10-22-2/h4-5,12,19H,6-11H2,1-3H3,(H,18,20). The van der Waals surface area contributed by atoms with Gasteiger partial charge in [0.05, 0.1) is 25.8 Å². The number of benzene rings is 1. The minimum atomic E-state index is -0.277. The van der Waals surface area contributed by atoms with E-state index in [0.29, 0.717) is 25.4 Å². The van der Waals surface area contributed by atoms with Crippen molar-refractivity contribution in [1.82, 2.24) is 5.32 Å². The molecule has 0 heterocycles. The minimum absolute atomic E-state index is 0.0474. The normalized spacial score (nSPS) is 10.1. The van der Waals surface area contributed by atoms with Crippen LogP contribution in [-0.2, 0) is 25.5 Å². The zero-order chi connectivity index (χ0) is 17.8. The van der Waals surface area contributed by atoms with E-state index in [2.05, 4.69) is 10.6 Å². The van der Waals surface area contributed by atoms with Crippen LogP contribution in [0.2, 0.25) is 0 Å². The second kappa shape index (κ2) is 11.3. The summed E-state index contributed by atoms with van der Waals surface area (Å²) in [4.78, 5) is 22.5. The molecule has 0 bridgehead atoms. The molecule has 0 radical (unpaired) electrons. The molecule has 0 aliphatic heterocycles. The van der Waals surface area contributed by atoms with Gasteiger partial charge in [0.2, 0.25) is 5.91 Å². The minimum Gasteiger partial charge on any atom is -0.495 e. The highest BCUT2D eigenvalue weighted by molar-refractivity contribution is 5.72. The molecule has 1 aromatic rings. The monoisotopic (exact) mass is 338 g/mol. The number of amides is 1. The zero-order valence-corrected chi connectivity index (χ0v) is 14.5. The van der Waals surface area contributed by atoms with Crippen LogP contribution in [0, 0.1) is 0 Å². The Hall–Kier alpha value is -2.28. The highest BCUT2D eigenvalue weighted by Gasteiger charge is 2.07. The Morgan fingerprint density at radius 2 is 1.92 bits per heavy atom. The Morgan fingerprint density at radius 3 is 2.58 bits per heavy atom. The molecule has 134 valence electrons. The molecule has 1 rings (SSSR count). The van der Waals surface area contributed by atoms with Crippen molar-refractivity contribution in [3.05, 3.63) is 23.8 Å². The number of carbonyl (C=O) groups excluding carboxylic acids is 2. The van der Waals surface area contributed by atoms with Gasteiger partial charge in [0.1, 0.15) is 12.4 Å². The average molecular weight is 338 g/mol. The molecule has 1 amide bonds. The average Bonchev–Trinajstić information content (AvgIpc) is 2.55. The summed E-state index contributed by atoms with van der Waals surface area (Å²) in [7, 11) is 3.15. The lowest BCUT2D eigenvalue weighted by Crippen LogP contribution is -2.22. The van der Waals surface area contributed by atoms with E-state index in [1.165, 1.54) is 6.92 Å². The number of carbonyl (C=O) groups is 2. The van der Waals surface area contributed by atoms with Crippen LogP contribution in [0.5, 0.6) is 5.75 Å². The van der Waals surface area contributed by atoms with Gasteiger partial charge in [-0.25, -0.2) is 0 Å². The lowest BCUT2D eigenvalue weighted by molar-refractivity contribution is -0.144. The Bertz CT molecular complexity index is 534. The summed E-state index contributed by atoms with van der Waals surface area (Å²) >= 11 is 0. The van der Waals surface area contributed by atoms with Crippen molar-refractivity contribution in [2.75, 3.05) is 45.8 Å². The van der Waals surface area contributed by atoms with Crippen LogP contribution in [0.25, 0.3) is 0 Å². The third-order valence-corrected chi connectivity index (χ3v) is 3.25. The van der Waals surface area contributed by atoms with Gasteiger partial charge in [0.15, 0.2) is 0 Å². The first-order valence-electron chi connectivity index (χ1n) is 7.86. The molecule has 0 aromatic heterocycles. The molecule has 0 saturated carbocycles. The Kier molecular flexibility index (Phi) is 9.29. The highest BCUT2D eigenvalue weighted by atomic mass is 16.6. The number of rotatable bonds is 11. The van der Waals surface area contributed by atoms with Crippen LogP contribution in [-0.4, -0.2) is 52.4 Å². The smallest absolute Gasteiger partial charge is 0.307 e. The first-order valence-corrected chi connectivity index (χ1v) is 7.86. The second-order valence-electron chi connectivity index (χ2n) is 5.16. The van der Waals surface area contributed by atoms with E-state index < -0.39 is 0 Å². The van der Waals surface area contributed by atoms with E-state index in [-0.39, 0.29) is 24.9 Å². The summed E-state index contributed by atoms with van der Waals surface area (Å²) in [6, 6.07) is 5.77. The van der Waals surface area contributed by atoms with Crippen molar-refractivity contribution in [3.63, 3.8) is 0 Å². The van der Waals surface area contributed by atoms with E-state index in [9.17, 15) is 9.59 Å². The van der Waals surface area contributed by atoms with E-state index in [1.807, 2.05) is 18.2 Å². The largest absolute Gasteiger partial charge is 0.495 e. The van der Waals surface area contributed by atoms with E-state index in [0.717, 1.165) is 17.7 Å². The fourth-order valence-corrected chi connectivity index (χ4v) is 2.04. The molecule has 7 heteroatoms. The second-order valence-corrected chi connectivity index (χ2v) is 5.16. The molecule has 24 heavy (non-hydrogen) atoms. The van der Waals surface area contributed by atoms with Crippen molar-refractivity contribution in [3.8, 4) is 5.75 Å². The van der Waals surface area contributed by atoms with Crippen LogP contribution >= 0.6 is 0 Å². The van der Waals surface area contributed by atoms with Gasteiger partial charge in [-0.05, 0) is 24.1 Å². The highest BCUT2D eigenvalue weighted by Crippen LogP contribution is 2.25. The Balaban J connectivity index is 2.49. The third kappa shape index (κ3) is 7.82. The molecule has 0 unspecified atom stereocenters. The van der Waals surface area contributed by atoms with Crippen molar-refractivity contribution in [1.29, 1.82) is 0 Å². The molecular weight excluding hydrogens is 312 g/mol. The molecule has 0 fully saturated rings. The number of methoxy groups -OCH3 is 2. The fourth-order valence-electron chi connectivity index (χ4n) is 2.04. The number of esters is 1. The lowest BCUT2D eigenvalue weighted by atomic mass is 10.1. The summed E-state index contributed by atoms with van der Waals surface area (Å²) in [5, 5.41) is 5.94. The molecule has 2 N–H and O–H groups in total. The molecule has 1 aromatic carbocycles. The van der Waals surface area contributed by atoms with E-state index in [4.69, 9.17) is 14.2 Å². The summed E-state index contributed by atoms with van der Waals surface area (Å²) in [6.45, 7) is 3.16. The summed E-state index contributed by atoms with van der Waals surface area (Å²) in [5.74, 6) is 0.375. The maximum absolute atomic E-state index is 11.5. The molecule has 0 saturated heterocycles. The predicted octanol–water partition coefficient (Wildman–Crippen LogP) is 1.37. The maximum Gasteiger partial charge on any atom is 0.307 e. The van der Waals surface area contributed by atoms with Crippen LogP contribution in [0.15, 0.2) is 18.2 Å². The van der Waals surface area contributed by atoms with Gasteiger partial charge in [-0.3, -0.25) is 9.59 Å².